The summed E-state index contributed by atoms with van der Waals surface area (Å²) in [7, 11) is 2.18. The molecule has 0 radical (unpaired) electrons. The molecule has 0 unspecified atom stereocenters. The standard InChI is InChI=1S/C28H31N/c1-19-12-8-11-15-23(19)27(3,4)20(2)18-25-28(5,6)26-22-14-10-9-13-21(22)16-17-24(26)29(25)7/h8-18H,2H2,1,3-7H3/b25-18+. The molecule has 0 aliphatic carbocycles. The van der Waals surface area contributed by atoms with Crippen LogP contribution < -0.4 is 4.90 Å². The SMILES string of the molecule is C=C(/C=C1/N(C)c2ccc3ccccc3c2C1(C)C)C(C)(C)c1ccccc1C. The second-order valence-corrected chi connectivity index (χ2v) is 9.36. The van der Waals surface area contributed by atoms with Crippen molar-refractivity contribution >= 4 is 16.5 Å². The number of fused-ring (bicyclic) bond motifs is 3. The molecule has 4 rings (SSSR count). The molecule has 0 saturated heterocycles. The van der Waals surface area contributed by atoms with Crippen LogP contribution >= 0.6 is 0 Å². The van der Waals surface area contributed by atoms with Gasteiger partial charge in [-0.25, -0.2) is 0 Å². The molecule has 0 fully saturated rings. The Balaban J connectivity index is 1.83. The molecule has 0 saturated carbocycles. The quantitative estimate of drug-likeness (QED) is 0.460. The fourth-order valence-corrected chi connectivity index (χ4v) is 4.94. The molecule has 0 N–H and O–H groups in total. The van der Waals surface area contributed by atoms with E-state index in [-0.39, 0.29) is 10.8 Å². The Morgan fingerprint density at radius 3 is 2.34 bits per heavy atom. The van der Waals surface area contributed by atoms with E-state index in [0.29, 0.717) is 0 Å². The van der Waals surface area contributed by atoms with Crippen LogP contribution in [-0.2, 0) is 10.8 Å². The number of anilines is 1. The minimum Gasteiger partial charge on any atom is -0.347 e. The number of rotatable bonds is 3. The Labute approximate surface area is 175 Å². The predicted octanol–water partition coefficient (Wildman–Crippen LogP) is 7.29. The van der Waals surface area contributed by atoms with Crippen LogP contribution in [0.1, 0.15) is 44.4 Å². The fraction of sp³-hybridized carbons (Fsp3) is 0.286. The molecule has 1 nitrogen and oxygen atoms in total. The molecule has 0 atom stereocenters. The van der Waals surface area contributed by atoms with Crippen molar-refractivity contribution in [3.05, 3.63) is 101 Å². The monoisotopic (exact) mass is 381 g/mol. The topological polar surface area (TPSA) is 3.24 Å². The van der Waals surface area contributed by atoms with Crippen molar-refractivity contribution in [2.45, 2.75) is 45.4 Å². The van der Waals surface area contributed by atoms with E-state index in [2.05, 4.69) is 120 Å². The van der Waals surface area contributed by atoms with Crippen molar-refractivity contribution in [2.24, 2.45) is 0 Å². The summed E-state index contributed by atoms with van der Waals surface area (Å²) in [6.45, 7) is 15.9. The second-order valence-electron chi connectivity index (χ2n) is 9.36. The number of hydrogen-bond donors (Lipinski definition) is 0. The summed E-state index contributed by atoms with van der Waals surface area (Å²) < 4.78 is 0. The maximum absolute atomic E-state index is 4.53. The van der Waals surface area contributed by atoms with Crippen LogP contribution in [0.3, 0.4) is 0 Å². The van der Waals surface area contributed by atoms with Crippen LogP contribution in [0, 0.1) is 6.92 Å². The van der Waals surface area contributed by atoms with E-state index >= 15 is 0 Å². The van der Waals surface area contributed by atoms with Gasteiger partial charge in [0.05, 0.1) is 0 Å². The van der Waals surface area contributed by atoms with E-state index in [1.165, 1.54) is 38.8 Å². The molecule has 3 aromatic carbocycles. The second kappa shape index (κ2) is 6.62. The van der Waals surface area contributed by atoms with Crippen LogP contribution in [0.2, 0.25) is 0 Å². The normalized spacial score (nSPS) is 17.0. The molecule has 0 aromatic heterocycles. The Kier molecular flexibility index (Phi) is 4.46. The zero-order valence-electron chi connectivity index (χ0n) is 18.5. The fourth-order valence-electron chi connectivity index (χ4n) is 4.94. The molecule has 29 heavy (non-hydrogen) atoms. The Bertz CT molecular complexity index is 1140. The third-order valence-corrected chi connectivity index (χ3v) is 6.83. The third kappa shape index (κ3) is 2.92. The lowest BCUT2D eigenvalue weighted by molar-refractivity contribution is 0.617. The Morgan fingerprint density at radius 1 is 0.966 bits per heavy atom. The highest BCUT2D eigenvalue weighted by atomic mass is 15.2. The van der Waals surface area contributed by atoms with Gasteiger partial charge in [-0.2, -0.15) is 0 Å². The average molecular weight is 382 g/mol. The van der Waals surface area contributed by atoms with E-state index in [0.717, 1.165) is 5.57 Å². The third-order valence-electron chi connectivity index (χ3n) is 6.83. The van der Waals surface area contributed by atoms with Gasteiger partial charge in [-0.05, 0) is 52.1 Å². The molecule has 0 spiro atoms. The first-order valence-electron chi connectivity index (χ1n) is 10.4. The highest BCUT2D eigenvalue weighted by Crippen LogP contribution is 2.50. The summed E-state index contributed by atoms with van der Waals surface area (Å²) in [4.78, 5) is 2.35. The van der Waals surface area contributed by atoms with E-state index in [9.17, 15) is 0 Å². The van der Waals surface area contributed by atoms with E-state index in [1.54, 1.807) is 0 Å². The first kappa shape index (κ1) is 19.5. The summed E-state index contributed by atoms with van der Waals surface area (Å²) in [6, 6.07) is 21.8. The average Bonchev–Trinajstić information content (AvgIpc) is 2.88. The molecule has 148 valence electrons. The van der Waals surface area contributed by atoms with Gasteiger partial charge in [0.1, 0.15) is 0 Å². The highest BCUT2D eigenvalue weighted by molar-refractivity contribution is 5.94. The smallest absolute Gasteiger partial charge is 0.0454 e. The van der Waals surface area contributed by atoms with Gasteiger partial charge in [0.2, 0.25) is 0 Å². The number of aryl methyl sites for hydroxylation is 1. The molecule has 0 bridgehead atoms. The summed E-state index contributed by atoms with van der Waals surface area (Å²) >= 11 is 0. The van der Waals surface area contributed by atoms with Gasteiger partial charge in [-0.3, -0.25) is 0 Å². The zero-order chi connectivity index (χ0) is 21.0. The minimum absolute atomic E-state index is 0.0876. The minimum atomic E-state index is -0.133. The van der Waals surface area contributed by atoms with Crippen LogP contribution in [0.25, 0.3) is 10.8 Å². The number of nitrogens with zero attached hydrogens (tertiary/aromatic N) is 1. The van der Waals surface area contributed by atoms with Crippen molar-refractivity contribution in [1.29, 1.82) is 0 Å². The number of likely N-dealkylation sites (N-methyl/N-ethyl adjacent to an activating group) is 1. The van der Waals surface area contributed by atoms with E-state index in [4.69, 9.17) is 0 Å². The maximum atomic E-state index is 4.53. The van der Waals surface area contributed by atoms with Crippen molar-refractivity contribution in [3.8, 4) is 0 Å². The largest absolute Gasteiger partial charge is 0.347 e. The molecule has 1 aliphatic heterocycles. The molecule has 0 amide bonds. The molecule has 1 aliphatic rings. The molecule has 1 heterocycles. The summed E-state index contributed by atoms with van der Waals surface area (Å²) in [5, 5.41) is 2.64. The summed E-state index contributed by atoms with van der Waals surface area (Å²) in [6.07, 6.45) is 2.32. The lowest BCUT2D eigenvalue weighted by Gasteiger charge is -2.31. The van der Waals surface area contributed by atoms with Crippen molar-refractivity contribution in [3.63, 3.8) is 0 Å². The zero-order valence-corrected chi connectivity index (χ0v) is 18.5. The summed E-state index contributed by atoms with van der Waals surface area (Å²) in [5.74, 6) is 0. The van der Waals surface area contributed by atoms with Gasteiger partial charge in [0.25, 0.3) is 0 Å². The lowest BCUT2D eigenvalue weighted by Crippen LogP contribution is -2.26. The highest BCUT2D eigenvalue weighted by Gasteiger charge is 2.40. The molecule has 3 aromatic rings. The lowest BCUT2D eigenvalue weighted by atomic mass is 9.74. The molecule has 1 heteroatoms. The summed E-state index contributed by atoms with van der Waals surface area (Å²) in [5.41, 5.74) is 7.57. The Morgan fingerprint density at radius 2 is 1.62 bits per heavy atom. The van der Waals surface area contributed by atoms with Crippen LogP contribution in [0.5, 0.6) is 0 Å². The Hall–Kier alpha value is -2.80. The first-order chi connectivity index (χ1) is 13.7. The van der Waals surface area contributed by atoms with Gasteiger partial charge in [0.15, 0.2) is 0 Å². The van der Waals surface area contributed by atoms with Crippen LogP contribution in [0.15, 0.2) is 84.6 Å². The van der Waals surface area contributed by atoms with Gasteiger partial charge in [-0.1, -0.05) is 88.9 Å². The first-order valence-corrected chi connectivity index (χ1v) is 10.4. The van der Waals surface area contributed by atoms with Crippen LogP contribution in [0.4, 0.5) is 5.69 Å². The van der Waals surface area contributed by atoms with Gasteiger partial charge in [0, 0.05) is 29.3 Å². The molecular weight excluding hydrogens is 350 g/mol. The van der Waals surface area contributed by atoms with Crippen LogP contribution in [-0.4, -0.2) is 7.05 Å². The molecular formula is C28H31N. The van der Waals surface area contributed by atoms with Crippen molar-refractivity contribution in [1.82, 2.24) is 0 Å². The van der Waals surface area contributed by atoms with E-state index < -0.39 is 0 Å². The number of benzene rings is 3. The van der Waals surface area contributed by atoms with Crippen molar-refractivity contribution in [2.75, 3.05) is 11.9 Å². The number of hydrogen-bond acceptors (Lipinski definition) is 1. The van der Waals surface area contributed by atoms with Gasteiger partial charge >= 0.3 is 0 Å². The number of allylic oxidation sites excluding steroid dienone is 3. The van der Waals surface area contributed by atoms with Gasteiger partial charge < -0.3 is 4.90 Å². The maximum Gasteiger partial charge on any atom is 0.0454 e. The van der Waals surface area contributed by atoms with Gasteiger partial charge in [-0.15, -0.1) is 0 Å². The van der Waals surface area contributed by atoms with Crippen molar-refractivity contribution < 1.29 is 0 Å². The van der Waals surface area contributed by atoms with E-state index in [1.807, 2.05) is 0 Å². The predicted molar refractivity (Wildman–Crippen MR) is 127 cm³/mol.